The Bertz CT molecular complexity index is 366. The van der Waals surface area contributed by atoms with Crippen LogP contribution in [-0.2, 0) is 6.42 Å². The van der Waals surface area contributed by atoms with E-state index in [1.165, 1.54) is 27.1 Å². The lowest BCUT2D eigenvalue weighted by Gasteiger charge is -2.16. The van der Waals surface area contributed by atoms with E-state index in [-0.39, 0.29) is 6.04 Å². The van der Waals surface area contributed by atoms with Crippen LogP contribution in [0.15, 0.2) is 14.8 Å². The topological polar surface area (TPSA) is 12.4 Å². The molecule has 0 spiro atoms. The minimum Gasteiger partial charge on any atom is -0.224 e. The lowest BCUT2D eigenvalue weighted by atomic mass is 9.95. The molecule has 2 rings (SSSR count). The second-order valence-electron chi connectivity index (χ2n) is 3.06. The van der Waals surface area contributed by atoms with E-state index in [4.69, 9.17) is 0 Å². The van der Waals surface area contributed by atoms with Crippen LogP contribution in [0, 0.1) is 0 Å². The van der Waals surface area contributed by atoms with E-state index in [1.807, 2.05) is 11.3 Å². The number of halogens is 1. The van der Waals surface area contributed by atoms with Crippen molar-refractivity contribution >= 4 is 44.6 Å². The van der Waals surface area contributed by atoms with E-state index in [9.17, 15) is 0 Å². The molecule has 0 radical (unpaired) electrons. The maximum absolute atomic E-state index is 4.64. The van der Waals surface area contributed by atoms with Crippen molar-refractivity contribution in [3.63, 3.8) is 0 Å². The SMILES string of the molecule is S=C=NC1CCCc2sc(Br)cc21. The summed E-state index contributed by atoms with van der Waals surface area (Å²) in [5.74, 6) is 0. The van der Waals surface area contributed by atoms with Crippen LogP contribution in [0.2, 0.25) is 0 Å². The first-order valence-electron chi connectivity index (χ1n) is 4.16. The summed E-state index contributed by atoms with van der Waals surface area (Å²) in [5, 5.41) is 2.49. The van der Waals surface area contributed by atoms with Crippen molar-refractivity contribution in [1.29, 1.82) is 0 Å². The van der Waals surface area contributed by atoms with Crippen molar-refractivity contribution in [2.24, 2.45) is 4.99 Å². The lowest BCUT2D eigenvalue weighted by Crippen LogP contribution is -2.04. The van der Waals surface area contributed by atoms with Crippen molar-refractivity contribution in [1.82, 2.24) is 0 Å². The summed E-state index contributed by atoms with van der Waals surface area (Å²) in [6, 6.07) is 2.43. The number of nitrogens with zero attached hydrogens (tertiary/aromatic N) is 1. The number of isothiocyanates is 1. The zero-order valence-electron chi connectivity index (χ0n) is 6.92. The zero-order valence-corrected chi connectivity index (χ0v) is 10.1. The van der Waals surface area contributed by atoms with Crippen LogP contribution in [0.3, 0.4) is 0 Å². The van der Waals surface area contributed by atoms with Crippen LogP contribution in [0.4, 0.5) is 0 Å². The monoisotopic (exact) mass is 273 g/mol. The number of hydrogen-bond acceptors (Lipinski definition) is 3. The number of hydrogen-bond donors (Lipinski definition) is 0. The van der Waals surface area contributed by atoms with Crippen LogP contribution < -0.4 is 0 Å². The highest BCUT2D eigenvalue weighted by Gasteiger charge is 2.21. The molecule has 1 heterocycles. The third kappa shape index (κ3) is 1.91. The van der Waals surface area contributed by atoms with E-state index < -0.39 is 0 Å². The molecule has 0 aromatic carbocycles. The first-order valence-corrected chi connectivity index (χ1v) is 6.18. The second-order valence-corrected chi connectivity index (χ2v) is 5.76. The Morgan fingerprint density at radius 3 is 3.31 bits per heavy atom. The number of rotatable bonds is 1. The van der Waals surface area contributed by atoms with Crippen molar-refractivity contribution in [3.8, 4) is 0 Å². The molecule has 0 saturated heterocycles. The van der Waals surface area contributed by atoms with Gasteiger partial charge in [0.15, 0.2) is 0 Å². The summed E-state index contributed by atoms with van der Waals surface area (Å²) in [6.45, 7) is 0. The van der Waals surface area contributed by atoms with Crippen molar-refractivity contribution < 1.29 is 0 Å². The molecule has 68 valence electrons. The highest BCUT2D eigenvalue weighted by Crippen LogP contribution is 2.39. The van der Waals surface area contributed by atoms with Gasteiger partial charge in [-0.3, -0.25) is 0 Å². The quantitative estimate of drug-likeness (QED) is 0.557. The molecule has 0 bridgehead atoms. The first-order chi connectivity index (χ1) is 6.31. The molecule has 1 aromatic rings. The van der Waals surface area contributed by atoms with Gasteiger partial charge in [-0.1, -0.05) is 0 Å². The minimum absolute atomic E-state index is 0.267. The van der Waals surface area contributed by atoms with Crippen LogP contribution in [0.1, 0.15) is 29.3 Å². The third-order valence-electron chi connectivity index (χ3n) is 2.26. The van der Waals surface area contributed by atoms with Gasteiger partial charge in [0.1, 0.15) is 0 Å². The standard InChI is InChI=1S/C9H8BrNS2/c10-9-4-6-7(11-5-12)2-1-3-8(6)13-9/h4,7H,1-3H2. The van der Waals surface area contributed by atoms with E-state index in [0.717, 1.165) is 6.42 Å². The van der Waals surface area contributed by atoms with E-state index >= 15 is 0 Å². The average Bonchev–Trinajstić information content (AvgIpc) is 2.47. The van der Waals surface area contributed by atoms with Gasteiger partial charge < -0.3 is 0 Å². The third-order valence-corrected chi connectivity index (χ3v) is 4.08. The Labute approximate surface area is 95.0 Å². The van der Waals surface area contributed by atoms with Gasteiger partial charge in [-0.2, -0.15) is 0 Å². The molecule has 1 aliphatic carbocycles. The number of thiocarbonyl (C=S) groups is 1. The summed E-state index contributed by atoms with van der Waals surface area (Å²) in [7, 11) is 0. The van der Waals surface area contributed by atoms with Crippen LogP contribution in [-0.4, -0.2) is 5.16 Å². The van der Waals surface area contributed by atoms with Gasteiger partial charge in [0, 0.05) is 4.88 Å². The molecule has 0 N–H and O–H groups in total. The Hall–Kier alpha value is -0.0200. The number of aryl methyl sites for hydroxylation is 1. The maximum atomic E-state index is 4.64. The van der Waals surface area contributed by atoms with E-state index in [0.29, 0.717) is 0 Å². The number of aliphatic imine (C=N–C) groups is 1. The fourth-order valence-corrected chi connectivity index (χ4v) is 3.64. The molecule has 0 aliphatic heterocycles. The summed E-state index contributed by atoms with van der Waals surface area (Å²) < 4.78 is 1.20. The summed E-state index contributed by atoms with van der Waals surface area (Å²) in [6.07, 6.45) is 3.51. The molecule has 13 heavy (non-hydrogen) atoms. The highest BCUT2D eigenvalue weighted by molar-refractivity contribution is 9.11. The zero-order chi connectivity index (χ0) is 9.26. The summed E-state index contributed by atoms with van der Waals surface area (Å²) in [4.78, 5) is 5.64. The summed E-state index contributed by atoms with van der Waals surface area (Å²) in [5.41, 5.74) is 1.35. The molecule has 0 amide bonds. The largest absolute Gasteiger partial charge is 0.224 e. The van der Waals surface area contributed by atoms with Gasteiger partial charge in [-0.15, -0.1) is 11.3 Å². The van der Waals surface area contributed by atoms with Gasteiger partial charge >= 0.3 is 0 Å². The van der Waals surface area contributed by atoms with Gasteiger partial charge in [-0.25, -0.2) is 4.99 Å². The molecular weight excluding hydrogens is 266 g/mol. The van der Waals surface area contributed by atoms with Crippen LogP contribution >= 0.6 is 39.5 Å². The van der Waals surface area contributed by atoms with Gasteiger partial charge in [0.2, 0.25) is 0 Å². The molecule has 1 nitrogen and oxygen atoms in total. The van der Waals surface area contributed by atoms with E-state index in [2.05, 4.69) is 44.4 Å². The van der Waals surface area contributed by atoms with Crippen LogP contribution in [0.25, 0.3) is 0 Å². The predicted octanol–water partition coefficient (Wildman–Crippen LogP) is 3.99. The molecule has 0 fully saturated rings. The minimum atomic E-state index is 0.267. The predicted molar refractivity (Wildman–Crippen MR) is 62.7 cm³/mol. The Morgan fingerprint density at radius 1 is 1.69 bits per heavy atom. The van der Waals surface area contributed by atoms with Crippen LogP contribution in [0.5, 0.6) is 0 Å². The number of thiophene rings is 1. The fourth-order valence-electron chi connectivity index (χ4n) is 1.70. The smallest absolute Gasteiger partial charge is 0.0863 e. The highest BCUT2D eigenvalue weighted by atomic mass is 79.9. The van der Waals surface area contributed by atoms with Gasteiger partial charge in [-0.05, 0) is 59.0 Å². The molecule has 1 atom stereocenters. The molecule has 4 heteroatoms. The second kappa shape index (κ2) is 4.01. The van der Waals surface area contributed by atoms with Crippen molar-refractivity contribution in [3.05, 3.63) is 20.3 Å². The van der Waals surface area contributed by atoms with E-state index in [1.54, 1.807) is 0 Å². The van der Waals surface area contributed by atoms with Crippen molar-refractivity contribution in [2.45, 2.75) is 25.3 Å². The Balaban J connectivity index is 2.41. The normalized spacial score (nSPS) is 20.5. The molecule has 0 saturated carbocycles. The molecule has 1 aromatic heterocycles. The Kier molecular flexibility index (Phi) is 2.94. The Morgan fingerprint density at radius 2 is 2.54 bits per heavy atom. The molecular formula is C9H8BrNS2. The van der Waals surface area contributed by atoms with Gasteiger partial charge in [0.25, 0.3) is 0 Å². The first kappa shape index (κ1) is 9.53. The fraction of sp³-hybridized carbons (Fsp3) is 0.444. The average molecular weight is 274 g/mol. The lowest BCUT2D eigenvalue weighted by molar-refractivity contribution is 0.583. The molecule has 1 unspecified atom stereocenters. The summed E-state index contributed by atoms with van der Waals surface area (Å²) >= 11 is 9.96. The van der Waals surface area contributed by atoms with Crippen molar-refractivity contribution in [2.75, 3.05) is 0 Å². The molecule has 1 aliphatic rings. The van der Waals surface area contributed by atoms with Gasteiger partial charge in [0.05, 0.1) is 15.0 Å². The number of fused-ring (bicyclic) bond motifs is 1. The maximum Gasteiger partial charge on any atom is 0.0863 e.